The summed E-state index contributed by atoms with van der Waals surface area (Å²) in [5.41, 5.74) is 1.26. The molecular weight excluding hydrogens is 246 g/mol. The molecule has 2 rings (SSSR count). The van der Waals surface area contributed by atoms with Crippen LogP contribution < -0.4 is 4.90 Å². The number of hydrogen-bond acceptors (Lipinski definition) is 3. The number of furan rings is 1. The highest BCUT2D eigenvalue weighted by Gasteiger charge is 2.15. The first-order valence-electron chi connectivity index (χ1n) is 5.65. The van der Waals surface area contributed by atoms with Crippen molar-refractivity contribution < 1.29 is 19.1 Å². The molecule has 0 aliphatic carbocycles. The molecule has 0 atom stereocenters. The predicted molar refractivity (Wildman–Crippen MR) is 69.6 cm³/mol. The summed E-state index contributed by atoms with van der Waals surface area (Å²) in [7, 11) is 1.63. The van der Waals surface area contributed by atoms with Crippen LogP contribution in [0.1, 0.15) is 26.5 Å². The van der Waals surface area contributed by atoms with Gasteiger partial charge in [-0.25, -0.2) is 4.79 Å². The number of rotatable bonds is 3. The predicted octanol–water partition coefficient (Wildman–Crippen LogP) is 2.56. The van der Waals surface area contributed by atoms with Crippen LogP contribution in [0.4, 0.5) is 5.69 Å². The van der Waals surface area contributed by atoms with Crippen LogP contribution in [-0.2, 0) is 0 Å². The second-order valence-electron chi connectivity index (χ2n) is 4.16. The second-order valence-corrected chi connectivity index (χ2v) is 4.16. The molecule has 0 radical (unpaired) electrons. The molecule has 1 heterocycles. The van der Waals surface area contributed by atoms with E-state index in [0.29, 0.717) is 17.0 Å². The highest BCUT2D eigenvalue weighted by Crippen LogP contribution is 2.17. The van der Waals surface area contributed by atoms with E-state index in [9.17, 15) is 9.59 Å². The van der Waals surface area contributed by atoms with Crippen molar-refractivity contribution >= 4 is 17.6 Å². The van der Waals surface area contributed by atoms with E-state index in [4.69, 9.17) is 9.52 Å². The van der Waals surface area contributed by atoms with Gasteiger partial charge < -0.3 is 14.4 Å². The molecule has 0 bridgehead atoms. The number of aromatic carboxylic acids is 1. The molecule has 0 fully saturated rings. The molecule has 1 aromatic carbocycles. The SMILES string of the molecule is Cc1cc(C(=O)N(C)c2ccc(C(=O)O)cc2)co1. The van der Waals surface area contributed by atoms with Crippen LogP contribution in [-0.4, -0.2) is 24.0 Å². The highest BCUT2D eigenvalue weighted by atomic mass is 16.4. The lowest BCUT2D eigenvalue weighted by atomic mass is 10.2. The minimum atomic E-state index is -0.994. The number of nitrogens with zero attached hydrogens (tertiary/aromatic N) is 1. The Balaban J connectivity index is 2.21. The van der Waals surface area contributed by atoms with Crippen molar-refractivity contribution in [1.82, 2.24) is 0 Å². The molecule has 0 saturated carbocycles. The number of carboxylic acids is 1. The number of anilines is 1. The molecule has 2 aromatic rings. The van der Waals surface area contributed by atoms with Crippen LogP contribution in [0.25, 0.3) is 0 Å². The summed E-state index contributed by atoms with van der Waals surface area (Å²) in [5.74, 6) is -0.538. The van der Waals surface area contributed by atoms with Gasteiger partial charge in [-0.1, -0.05) is 0 Å². The summed E-state index contributed by atoms with van der Waals surface area (Å²) in [5, 5.41) is 8.81. The maximum Gasteiger partial charge on any atom is 0.335 e. The van der Waals surface area contributed by atoms with Gasteiger partial charge in [0.1, 0.15) is 12.0 Å². The van der Waals surface area contributed by atoms with Gasteiger partial charge in [0.15, 0.2) is 0 Å². The average Bonchev–Trinajstić information content (AvgIpc) is 2.84. The normalized spacial score (nSPS) is 10.2. The zero-order chi connectivity index (χ0) is 14.0. The number of hydrogen-bond donors (Lipinski definition) is 1. The highest BCUT2D eigenvalue weighted by molar-refractivity contribution is 6.05. The summed E-state index contributed by atoms with van der Waals surface area (Å²) in [6.45, 7) is 1.76. The maximum atomic E-state index is 12.1. The Bertz CT molecular complexity index is 613. The minimum absolute atomic E-state index is 0.184. The van der Waals surface area contributed by atoms with Crippen molar-refractivity contribution in [3.63, 3.8) is 0 Å². The Hall–Kier alpha value is -2.56. The van der Waals surface area contributed by atoms with Crippen LogP contribution >= 0.6 is 0 Å². The molecule has 0 aliphatic heterocycles. The molecule has 0 saturated heterocycles. The minimum Gasteiger partial charge on any atom is -0.478 e. The second kappa shape index (κ2) is 4.97. The van der Waals surface area contributed by atoms with Gasteiger partial charge in [0.05, 0.1) is 11.1 Å². The van der Waals surface area contributed by atoms with Crippen molar-refractivity contribution in [3.05, 3.63) is 53.5 Å². The Kier molecular flexibility index (Phi) is 3.37. The molecule has 0 aliphatic rings. The molecule has 5 nitrogen and oxygen atoms in total. The van der Waals surface area contributed by atoms with E-state index < -0.39 is 5.97 Å². The lowest BCUT2D eigenvalue weighted by Crippen LogP contribution is -2.25. The molecule has 98 valence electrons. The first kappa shape index (κ1) is 12.9. The number of amides is 1. The third-order valence-corrected chi connectivity index (χ3v) is 2.78. The van der Waals surface area contributed by atoms with Crippen molar-refractivity contribution in [2.75, 3.05) is 11.9 Å². The van der Waals surface area contributed by atoms with E-state index in [-0.39, 0.29) is 11.5 Å². The number of carbonyl (C=O) groups excluding carboxylic acids is 1. The van der Waals surface area contributed by atoms with Gasteiger partial charge in [-0.2, -0.15) is 0 Å². The number of carboxylic acid groups (broad SMARTS) is 1. The topological polar surface area (TPSA) is 70.8 Å². The van der Waals surface area contributed by atoms with E-state index in [1.54, 1.807) is 32.2 Å². The molecule has 19 heavy (non-hydrogen) atoms. The fourth-order valence-corrected chi connectivity index (χ4v) is 1.69. The summed E-state index contributed by atoms with van der Waals surface area (Å²) in [6, 6.07) is 7.76. The fourth-order valence-electron chi connectivity index (χ4n) is 1.69. The summed E-state index contributed by atoms with van der Waals surface area (Å²) < 4.78 is 5.10. The van der Waals surface area contributed by atoms with Gasteiger partial charge >= 0.3 is 5.97 Å². The van der Waals surface area contributed by atoms with Crippen molar-refractivity contribution in [2.24, 2.45) is 0 Å². The van der Waals surface area contributed by atoms with E-state index in [0.717, 1.165) is 0 Å². The van der Waals surface area contributed by atoms with Gasteiger partial charge in [0.25, 0.3) is 5.91 Å². The zero-order valence-electron chi connectivity index (χ0n) is 10.6. The Labute approximate surface area is 110 Å². The average molecular weight is 259 g/mol. The number of carbonyl (C=O) groups is 2. The Morgan fingerprint density at radius 3 is 2.26 bits per heavy atom. The van der Waals surface area contributed by atoms with E-state index in [1.807, 2.05) is 0 Å². The lowest BCUT2D eigenvalue weighted by Gasteiger charge is -2.16. The zero-order valence-corrected chi connectivity index (χ0v) is 10.6. The summed E-state index contributed by atoms with van der Waals surface area (Å²) in [6.07, 6.45) is 1.40. The van der Waals surface area contributed by atoms with Crippen molar-refractivity contribution in [1.29, 1.82) is 0 Å². The first-order valence-corrected chi connectivity index (χ1v) is 5.65. The molecular formula is C14H13NO4. The molecule has 1 amide bonds. The van der Waals surface area contributed by atoms with E-state index in [1.165, 1.54) is 23.3 Å². The summed E-state index contributed by atoms with van der Waals surface area (Å²) in [4.78, 5) is 24.3. The fraction of sp³-hybridized carbons (Fsp3) is 0.143. The first-order chi connectivity index (χ1) is 8.99. The lowest BCUT2D eigenvalue weighted by molar-refractivity contribution is 0.0696. The van der Waals surface area contributed by atoms with E-state index >= 15 is 0 Å². The molecule has 0 spiro atoms. The molecule has 5 heteroatoms. The van der Waals surface area contributed by atoms with Crippen LogP contribution in [0.15, 0.2) is 41.0 Å². The largest absolute Gasteiger partial charge is 0.478 e. The third kappa shape index (κ3) is 2.65. The third-order valence-electron chi connectivity index (χ3n) is 2.78. The molecule has 1 aromatic heterocycles. The Morgan fingerprint density at radius 1 is 1.16 bits per heavy atom. The quantitative estimate of drug-likeness (QED) is 0.919. The molecule has 1 N–H and O–H groups in total. The van der Waals surface area contributed by atoms with Gasteiger partial charge in [-0.05, 0) is 37.3 Å². The number of benzene rings is 1. The number of aryl methyl sites for hydroxylation is 1. The van der Waals surface area contributed by atoms with Crippen LogP contribution in [0, 0.1) is 6.92 Å². The maximum absolute atomic E-state index is 12.1. The van der Waals surface area contributed by atoms with Crippen LogP contribution in [0.3, 0.4) is 0 Å². The Morgan fingerprint density at radius 2 is 1.79 bits per heavy atom. The smallest absolute Gasteiger partial charge is 0.335 e. The van der Waals surface area contributed by atoms with E-state index in [2.05, 4.69) is 0 Å². The monoisotopic (exact) mass is 259 g/mol. The molecule has 0 unspecified atom stereocenters. The summed E-state index contributed by atoms with van der Waals surface area (Å²) >= 11 is 0. The van der Waals surface area contributed by atoms with Gasteiger partial charge in [0, 0.05) is 12.7 Å². The van der Waals surface area contributed by atoms with Crippen LogP contribution in [0.5, 0.6) is 0 Å². The van der Waals surface area contributed by atoms with Crippen molar-refractivity contribution in [2.45, 2.75) is 6.92 Å². The standard InChI is InChI=1S/C14H13NO4/c1-9-7-11(8-19-9)13(16)15(2)12-5-3-10(4-6-12)14(17)18/h3-8H,1-2H3,(H,17,18). The van der Waals surface area contributed by atoms with Crippen LogP contribution in [0.2, 0.25) is 0 Å². The van der Waals surface area contributed by atoms with Crippen molar-refractivity contribution in [3.8, 4) is 0 Å². The van der Waals surface area contributed by atoms with Gasteiger partial charge in [0.2, 0.25) is 0 Å². The van der Waals surface area contributed by atoms with Gasteiger partial charge in [-0.3, -0.25) is 4.79 Å². The van der Waals surface area contributed by atoms with Gasteiger partial charge in [-0.15, -0.1) is 0 Å².